The predicted molar refractivity (Wildman–Crippen MR) is 211 cm³/mol. The monoisotopic (exact) mass is 933 g/mol. The number of hydrogen-bond donors (Lipinski definition) is 3. The Kier molecular flexibility index (Phi) is 54.1. The van der Waals surface area contributed by atoms with Crippen LogP contribution in [0.25, 0.3) is 0 Å². The van der Waals surface area contributed by atoms with Gasteiger partial charge in [0.2, 0.25) is 29.5 Å². The largest absolute Gasteiger partial charge is 2.00 e. The van der Waals surface area contributed by atoms with Gasteiger partial charge in [-0.3, -0.25) is 24.0 Å². The molecular weight excluding hydrogens is 849 g/mol. The molecule has 5 N–H and O–H groups in total. The summed E-state index contributed by atoms with van der Waals surface area (Å²) in [6, 6.07) is 0. The van der Waals surface area contributed by atoms with Crippen molar-refractivity contribution in [2.75, 3.05) is 49.3 Å². The topological polar surface area (TPSA) is 162 Å². The zero-order valence-electron chi connectivity index (χ0n) is 37.4. The molecule has 284 valence electrons. The molecule has 0 aliphatic heterocycles. The zero-order chi connectivity index (χ0) is 36.9. The number of carbonyl (C=O) groups excluding carboxylic acids is 5. The second-order valence-corrected chi connectivity index (χ2v) is 11.4. The predicted octanol–water partition coefficient (Wildman–Crippen LogP) is 3.89. The van der Waals surface area contributed by atoms with Crippen molar-refractivity contribution in [3.8, 4) is 0 Å². The minimum absolute atomic E-state index is 0. The third kappa shape index (κ3) is 25.1. The van der Waals surface area contributed by atoms with Crippen LogP contribution in [0.15, 0.2) is 0 Å². The van der Waals surface area contributed by atoms with Crippen LogP contribution in [0.4, 0.5) is 0 Å². The fourth-order valence-electron chi connectivity index (χ4n) is 3.22. The Morgan fingerprint density at radius 2 is 0.553 bits per heavy atom. The van der Waals surface area contributed by atoms with E-state index in [4.69, 9.17) is 0 Å². The molecule has 0 aliphatic rings. The number of hydrogen-bond acceptors (Lipinski definition) is 7. The number of carbonyl (C=O) groups is 5. The van der Waals surface area contributed by atoms with E-state index in [2.05, 4.69) is 16.8 Å². The summed E-state index contributed by atoms with van der Waals surface area (Å²) in [5, 5.41) is 2.39. The van der Waals surface area contributed by atoms with Gasteiger partial charge in [0.25, 0.3) is 0 Å². The van der Waals surface area contributed by atoms with Crippen LogP contribution < -0.4 is 16.8 Å². The van der Waals surface area contributed by atoms with Gasteiger partial charge in [0.05, 0.1) is 22.2 Å². The van der Waals surface area contributed by atoms with Crippen LogP contribution in [0.2, 0.25) is 0 Å². The molecule has 12 nitrogen and oxygen atoms in total. The molecule has 0 aromatic heterocycles. The van der Waals surface area contributed by atoms with E-state index in [1.165, 1.54) is 48.7 Å². The van der Waals surface area contributed by atoms with Crippen molar-refractivity contribution in [2.45, 2.75) is 141 Å². The van der Waals surface area contributed by atoms with Gasteiger partial charge in [-0.25, -0.2) is 0 Å². The minimum Gasteiger partial charge on any atom is -1.00 e. The number of nitrogens with two attached hydrogens (primary N) is 2. The molecule has 14 heteroatoms. The summed E-state index contributed by atoms with van der Waals surface area (Å²) in [7, 11) is 11.6. The average molecular weight is 933 g/mol. The first-order chi connectivity index (χ1) is 19.2. The third-order valence-corrected chi connectivity index (χ3v) is 8.59. The summed E-state index contributed by atoms with van der Waals surface area (Å²) in [6.45, 7) is 27.3. The van der Waals surface area contributed by atoms with Crippen molar-refractivity contribution in [3.63, 3.8) is 0 Å². The van der Waals surface area contributed by atoms with Gasteiger partial charge in [-0.15, -0.1) is 0 Å². The quantitative estimate of drug-likeness (QED) is 0.341. The third-order valence-electron chi connectivity index (χ3n) is 8.59. The van der Waals surface area contributed by atoms with Gasteiger partial charge >= 0.3 is 97.8 Å². The molecule has 0 saturated heterocycles. The summed E-state index contributed by atoms with van der Waals surface area (Å²) in [5.74, 6) is -0.0138. The van der Waals surface area contributed by atoms with Crippen molar-refractivity contribution >= 4 is 127 Å². The van der Waals surface area contributed by atoms with Crippen molar-refractivity contribution < 1.29 is 29.7 Å². The second-order valence-electron chi connectivity index (χ2n) is 11.4. The smallest absolute Gasteiger partial charge is 1.00 e. The van der Waals surface area contributed by atoms with Crippen molar-refractivity contribution in [1.82, 2.24) is 24.9 Å². The number of nitrogens with one attached hydrogen (secondary N) is 1. The molecule has 0 aromatic carbocycles. The van der Waals surface area contributed by atoms with E-state index in [0.717, 1.165) is 0 Å². The Morgan fingerprint density at radius 1 is 0.468 bits per heavy atom. The Bertz CT molecular complexity index is 738. The molecule has 47 heavy (non-hydrogen) atoms. The maximum atomic E-state index is 11.5. The van der Waals surface area contributed by atoms with Crippen LogP contribution in [-0.4, -0.2) is 218 Å². The van der Waals surface area contributed by atoms with Crippen molar-refractivity contribution in [2.24, 2.45) is 11.5 Å². The fraction of sp³-hybridized carbons (Fsp3) is 0.848. The molecule has 0 rings (SSSR count). The molecule has 0 aliphatic carbocycles. The molecular formula is C33H83Ba2N7O5. The number of nitrogens with zero attached hydrogens (tertiary/aromatic N) is 4. The van der Waals surface area contributed by atoms with Crippen LogP contribution in [-0.2, 0) is 24.0 Å². The number of amides is 5. The minimum atomic E-state index is -0.431. The van der Waals surface area contributed by atoms with Gasteiger partial charge < -0.3 is 42.1 Å². The first kappa shape index (κ1) is 73.0. The van der Waals surface area contributed by atoms with Crippen LogP contribution in [0.1, 0.15) is 124 Å². The van der Waals surface area contributed by atoms with Gasteiger partial charge in [0.15, 0.2) is 0 Å². The maximum absolute atomic E-state index is 11.5. The van der Waals surface area contributed by atoms with Gasteiger partial charge in [-0.2, -0.15) is 0 Å². The molecule has 0 saturated carbocycles. The fourth-order valence-corrected chi connectivity index (χ4v) is 3.22. The van der Waals surface area contributed by atoms with E-state index >= 15 is 0 Å². The molecule has 0 unspecified atom stereocenters. The zero-order valence-corrected chi connectivity index (χ0v) is 42.3. The van der Waals surface area contributed by atoms with Crippen molar-refractivity contribution in [1.29, 1.82) is 0 Å². The van der Waals surface area contributed by atoms with Crippen LogP contribution >= 0.6 is 0 Å². The van der Waals surface area contributed by atoms with Gasteiger partial charge in [-0.05, 0) is 69.5 Å². The Labute approximate surface area is 379 Å². The van der Waals surface area contributed by atoms with E-state index in [-0.39, 0.29) is 148 Å². The van der Waals surface area contributed by atoms with E-state index in [0.29, 0.717) is 0 Å². The summed E-state index contributed by atoms with van der Waals surface area (Å²) in [4.78, 5) is 62.2. The molecule has 0 atom stereocenters. The van der Waals surface area contributed by atoms with Crippen LogP contribution in [0, 0.1) is 0 Å². The molecule has 0 spiro atoms. The molecule has 5 amide bonds. The van der Waals surface area contributed by atoms with E-state index in [1.807, 2.05) is 69.2 Å². The first-order valence-electron chi connectivity index (χ1n) is 14.5. The first-order valence-corrected chi connectivity index (χ1v) is 14.5. The van der Waals surface area contributed by atoms with Crippen LogP contribution in [0.5, 0.6) is 0 Å². The van der Waals surface area contributed by atoms with Crippen LogP contribution in [0.3, 0.4) is 0 Å². The summed E-state index contributed by atoms with van der Waals surface area (Å²) in [5.41, 5.74) is 7.27. The normalized spacial score (nSPS) is 9.45. The molecule has 0 aromatic rings. The average Bonchev–Trinajstić information content (AvgIpc) is 2.94. The number of rotatable bonds is 6. The summed E-state index contributed by atoms with van der Waals surface area (Å²) < 4.78 is 0. The molecule has 0 radical (unpaired) electrons. The Hall–Kier alpha value is 0.413. The summed E-state index contributed by atoms with van der Waals surface area (Å²) in [6.07, 6.45) is 0. The van der Waals surface area contributed by atoms with E-state index in [1.54, 1.807) is 54.8 Å². The van der Waals surface area contributed by atoms with E-state index < -0.39 is 22.2 Å². The standard InChI is InChI=1S/2C12H24N2O2.C3H7NO.C2H6.2CH5N.2CH4.2Ba.4H/c2*1-9(15)13(7)11(3,4)12(5,6)14(8)10(2)16;1-3(5)4-2;3*1-2;;;;;;;;/h2*1-8H3;1-2H3,(H,4,5);1-2H3;2*2H2,1H3;2*1H4;;;;;;/q;;;;;;;;2*+2;4*-1. The molecule has 0 heterocycles. The van der Waals surface area contributed by atoms with Gasteiger partial charge in [0, 0.05) is 69.9 Å². The van der Waals surface area contributed by atoms with Gasteiger partial charge in [0.1, 0.15) is 0 Å². The van der Waals surface area contributed by atoms with Crippen molar-refractivity contribution in [3.05, 3.63) is 0 Å². The second kappa shape index (κ2) is 34.8. The van der Waals surface area contributed by atoms with E-state index in [9.17, 15) is 24.0 Å². The molecule has 0 fully saturated rings. The molecule has 0 bridgehead atoms. The summed E-state index contributed by atoms with van der Waals surface area (Å²) >= 11 is 0. The van der Waals surface area contributed by atoms with Gasteiger partial charge in [-0.1, -0.05) is 28.7 Å². The number of likely N-dealkylation sites (N-methyl/N-ethyl adjacent to an activating group) is 4. The SMILES string of the molecule is C.C.CC.CC(=O)N(C)C(C)(C)C(C)(C)N(C)C(C)=O.CC(=O)N(C)C(C)(C)C(C)(C)N(C)C(C)=O.CN.CN.CNC(C)=O.[Ba+2].[Ba+2].[H-].[H-].[H-].[H-]. The Morgan fingerprint density at radius 3 is 0.596 bits per heavy atom. The Balaban J connectivity index is -0.0000000310. The maximum Gasteiger partial charge on any atom is 2.00 e.